The SMILES string of the molecule is CCOc1cc(C)ccc1NC(=O)C1CC(=O)Nc2cc(F)ccc21. The Hall–Kier alpha value is -2.89. The van der Waals surface area contributed by atoms with Crippen molar-refractivity contribution in [3.8, 4) is 5.75 Å². The number of benzene rings is 2. The summed E-state index contributed by atoms with van der Waals surface area (Å²) in [4.78, 5) is 24.6. The Morgan fingerprint density at radius 2 is 2.12 bits per heavy atom. The Bertz CT molecular complexity index is 835. The van der Waals surface area contributed by atoms with Crippen LogP contribution in [0, 0.1) is 12.7 Å². The topological polar surface area (TPSA) is 67.4 Å². The Morgan fingerprint density at radius 1 is 1.32 bits per heavy atom. The molecule has 0 bridgehead atoms. The molecule has 0 radical (unpaired) electrons. The Labute approximate surface area is 145 Å². The van der Waals surface area contributed by atoms with E-state index in [4.69, 9.17) is 4.74 Å². The molecule has 0 aliphatic carbocycles. The minimum Gasteiger partial charge on any atom is -0.492 e. The van der Waals surface area contributed by atoms with Crippen LogP contribution in [0.5, 0.6) is 5.75 Å². The number of carbonyl (C=O) groups is 2. The highest BCUT2D eigenvalue weighted by molar-refractivity contribution is 6.05. The summed E-state index contributed by atoms with van der Waals surface area (Å²) in [7, 11) is 0. The van der Waals surface area contributed by atoms with E-state index in [0.717, 1.165) is 5.56 Å². The molecule has 2 aromatic rings. The minimum atomic E-state index is -0.680. The van der Waals surface area contributed by atoms with Crippen LogP contribution in [0.3, 0.4) is 0 Å². The summed E-state index contributed by atoms with van der Waals surface area (Å²) in [6, 6.07) is 9.53. The Morgan fingerprint density at radius 3 is 2.88 bits per heavy atom. The number of anilines is 2. The average Bonchev–Trinajstić information content (AvgIpc) is 2.56. The summed E-state index contributed by atoms with van der Waals surface area (Å²) < 4.78 is 19.0. The van der Waals surface area contributed by atoms with E-state index in [-0.39, 0.29) is 18.2 Å². The summed E-state index contributed by atoms with van der Waals surface area (Å²) in [5.74, 6) is -1.20. The van der Waals surface area contributed by atoms with Crippen molar-refractivity contribution in [3.63, 3.8) is 0 Å². The highest BCUT2D eigenvalue weighted by Crippen LogP contribution is 2.34. The van der Waals surface area contributed by atoms with E-state index in [1.807, 2.05) is 26.0 Å². The van der Waals surface area contributed by atoms with Gasteiger partial charge < -0.3 is 15.4 Å². The number of hydrogen-bond acceptors (Lipinski definition) is 3. The van der Waals surface area contributed by atoms with E-state index >= 15 is 0 Å². The highest BCUT2D eigenvalue weighted by Gasteiger charge is 2.31. The van der Waals surface area contributed by atoms with E-state index in [2.05, 4.69) is 10.6 Å². The number of hydrogen-bond donors (Lipinski definition) is 2. The third kappa shape index (κ3) is 3.63. The van der Waals surface area contributed by atoms with Crippen LogP contribution >= 0.6 is 0 Å². The van der Waals surface area contributed by atoms with Gasteiger partial charge in [0.25, 0.3) is 0 Å². The Kier molecular flexibility index (Phi) is 4.70. The number of halogens is 1. The molecule has 0 saturated carbocycles. The highest BCUT2D eigenvalue weighted by atomic mass is 19.1. The zero-order valence-electron chi connectivity index (χ0n) is 14.1. The molecule has 130 valence electrons. The van der Waals surface area contributed by atoms with Crippen LogP contribution < -0.4 is 15.4 Å². The lowest BCUT2D eigenvalue weighted by molar-refractivity contribution is -0.123. The monoisotopic (exact) mass is 342 g/mol. The zero-order valence-corrected chi connectivity index (χ0v) is 14.1. The van der Waals surface area contributed by atoms with Gasteiger partial charge in [-0.3, -0.25) is 9.59 Å². The molecule has 2 amide bonds. The normalized spacial score (nSPS) is 16.0. The van der Waals surface area contributed by atoms with Crippen LogP contribution in [0.2, 0.25) is 0 Å². The van der Waals surface area contributed by atoms with E-state index in [9.17, 15) is 14.0 Å². The molecule has 1 aliphatic rings. The second-order valence-corrected chi connectivity index (χ2v) is 5.96. The molecule has 0 fully saturated rings. The summed E-state index contributed by atoms with van der Waals surface area (Å²) in [6.07, 6.45) is 0.0142. The molecule has 0 aromatic heterocycles. The quantitative estimate of drug-likeness (QED) is 0.892. The van der Waals surface area contributed by atoms with Crippen molar-refractivity contribution in [1.82, 2.24) is 0 Å². The first-order valence-electron chi connectivity index (χ1n) is 8.11. The minimum absolute atomic E-state index is 0.0142. The van der Waals surface area contributed by atoms with Crippen molar-refractivity contribution in [2.24, 2.45) is 0 Å². The summed E-state index contributed by atoms with van der Waals surface area (Å²) >= 11 is 0. The maximum atomic E-state index is 13.4. The van der Waals surface area contributed by atoms with Crippen LogP contribution in [-0.2, 0) is 9.59 Å². The van der Waals surface area contributed by atoms with Gasteiger partial charge in [0.05, 0.1) is 18.2 Å². The summed E-state index contributed by atoms with van der Waals surface area (Å²) in [5, 5.41) is 5.44. The van der Waals surface area contributed by atoms with E-state index < -0.39 is 11.7 Å². The average molecular weight is 342 g/mol. The van der Waals surface area contributed by atoms with Gasteiger partial charge in [0, 0.05) is 12.1 Å². The molecule has 6 heteroatoms. The molecule has 3 rings (SSSR count). The number of fused-ring (bicyclic) bond motifs is 1. The van der Waals surface area contributed by atoms with Gasteiger partial charge in [0.15, 0.2) is 0 Å². The van der Waals surface area contributed by atoms with Crippen molar-refractivity contribution < 1.29 is 18.7 Å². The van der Waals surface area contributed by atoms with Crippen LogP contribution in [0.25, 0.3) is 0 Å². The van der Waals surface area contributed by atoms with Gasteiger partial charge >= 0.3 is 0 Å². The molecule has 0 saturated heterocycles. The van der Waals surface area contributed by atoms with Crippen molar-refractivity contribution >= 4 is 23.2 Å². The third-order valence-corrected chi connectivity index (χ3v) is 4.07. The second kappa shape index (κ2) is 6.93. The van der Waals surface area contributed by atoms with Gasteiger partial charge in [-0.2, -0.15) is 0 Å². The molecule has 25 heavy (non-hydrogen) atoms. The second-order valence-electron chi connectivity index (χ2n) is 5.96. The molecular formula is C19H19FN2O3. The van der Waals surface area contributed by atoms with Crippen molar-refractivity contribution in [2.45, 2.75) is 26.2 Å². The molecular weight excluding hydrogens is 323 g/mol. The molecule has 1 unspecified atom stereocenters. The fourth-order valence-corrected chi connectivity index (χ4v) is 2.90. The van der Waals surface area contributed by atoms with Gasteiger partial charge in [-0.1, -0.05) is 12.1 Å². The standard InChI is InChI=1S/C19H19FN2O3/c1-3-25-17-8-11(2)4-7-15(17)22-19(24)14-10-18(23)21-16-9-12(20)5-6-13(14)16/h4-9,14H,3,10H2,1-2H3,(H,21,23)(H,22,24). The predicted molar refractivity (Wildman–Crippen MR) is 93.4 cm³/mol. The summed E-state index contributed by atoms with van der Waals surface area (Å²) in [6.45, 7) is 4.27. The maximum absolute atomic E-state index is 13.4. The number of ether oxygens (including phenoxy) is 1. The molecule has 1 heterocycles. The lowest BCUT2D eigenvalue weighted by Gasteiger charge is -2.25. The van der Waals surface area contributed by atoms with Gasteiger partial charge in [-0.25, -0.2) is 4.39 Å². The molecule has 2 aromatic carbocycles. The third-order valence-electron chi connectivity index (χ3n) is 4.07. The van der Waals surface area contributed by atoms with Crippen LogP contribution in [-0.4, -0.2) is 18.4 Å². The fraction of sp³-hybridized carbons (Fsp3) is 0.263. The van der Waals surface area contributed by atoms with Crippen molar-refractivity contribution in [2.75, 3.05) is 17.2 Å². The predicted octanol–water partition coefficient (Wildman–Crippen LogP) is 3.60. The lowest BCUT2D eigenvalue weighted by atomic mass is 9.89. The maximum Gasteiger partial charge on any atom is 0.232 e. The van der Waals surface area contributed by atoms with Crippen LogP contribution in [0.1, 0.15) is 30.4 Å². The van der Waals surface area contributed by atoms with Gasteiger partial charge in [-0.15, -0.1) is 0 Å². The Balaban J connectivity index is 1.89. The smallest absolute Gasteiger partial charge is 0.232 e. The number of rotatable bonds is 4. The van der Waals surface area contributed by atoms with Gasteiger partial charge in [0.2, 0.25) is 11.8 Å². The molecule has 2 N–H and O–H groups in total. The summed E-state index contributed by atoms with van der Waals surface area (Å²) in [5.41, 5.74) is 2.50. The number of amides is 2. The molecule has 0 spiro atoms. The largest absolute Gasteiger partial charge is 0.492 e. The fourth-order valence-electron chi connectivity index (χ4n) is 2.90. The number of carbonyl (C=O) groups excluding carboxylic acids is 2. The molecule has 1 atom stereocenters. The first-order valence-corrected chi connectivity index (χ1v) is 8.11. The lowest BCUT2D eigenvalue weighted by Crippen LogP contribution is -2.31. The van der Waals surface area contributed by atoms with E-state index in [1.165, 1.54) is 18.2 Å². The zero-order chi connectivity index (χ0) is 18.0. The number of aryl methyl sites for hydroxylation is 1. The van der Waals surface area contributed by atoms with Gasteiger partial charge in [0.1, 0.15) is 11.6 Å². The van der Waals surface area contributed by atoms with Crippen LogP contribution in [0.15, 0.2) is 36.4 Å². The van der Waals surface area contributed by atoms with E-state index in [1.54, 1.807) is 6.07 Å². The van der Waals surface area contributed by atoms with E-state index in [0.29, 0.717) is 29.3 Å². The molecule has 1 aliphatic heterocycles. The van der Waals surface area contributed by atoms with Crippen molar-refractivity contribution in [1.29, 1.82) is 0 Å². The molecule has 5 nitrogen and oxygen atoms in total. The van der Waals surface area contributed by atoms with Gasteiger partial charge in [-0.05, 0) is 49.2 Å². The first-order chi connectivity index (χ1) is 12.0. The first kappa shape index (κ1) is 17.0. The number of nitrogens with one attached hydrogen (secondary N) is 2. The van der Waals surface area contributed by atoms with Crippen molar-refractivity contribution in [3.05, 3.63) is 53.3 Å². The van der Waals surface area contributed by atoms with Crippen LogP contribution in [0.4, 0.5) is 15.8 Å².